The van der Waals surface area contributed by atoms with Crippen molar-refractivity contribution in [1.29, 1.82) is 0 Å². The van der Waals surface area contributed by atoms with Gasteiger partial charge < -0.3 is 0 Å². The van der Waals surface area contributed by atoms with Gasteiger partial charge >= 0.3 is 0 Å². The summed E-state index contributed by atoms with van der Waals surface area (Å²) in [6.07, 6.45) is 0. The minimum absolute atomic E-state index is 0.556. The van der Waals surface area contributed by atoms with E-state index in [0.717, 1.165) is 110 Å². The van der Waals surface area contributed by atoms with E-state index < -0.39 is 16.1 Å². The van der Waals surface area contributed by atoms with E-state index in [-0.39, 0.29) is 0 Å². The molecule has 0 heterocycles. The van der Waals surface area contributed by atoms with Gasteiger partial charge in [0, 0.05) is 55.3 Å². The van der Waals surface area contributed by atoms with Gasteiger partial charge in [-0.2, -0.15) is 0 Å². The Labute approximate surface area is 503 Å². The van der Waals surface area contributed by atoms with Crippen molar-refractivity contribution >= 4 is 59.2 Å². The Balaban J connectivity index is 1.18. The lowest BCUT2D eigenvalue weighted by atomic mass is 9.87. The van der Waals surface area contributed by atoms with Crippen molar-refractivity contribution in [1.82, 2.24) is 0 Å². The first-order valence-electron chi connectivity index (χ1n) is 30.0. The highest BCUT2D eigenvalue weighted by atomic mass is 28.3. The summed E-state index contributed by atoms with van der Waals surface area (Å²) in [4.78, 5) is 0. The third-order valence-corrected chi connectivity index (χ3v) is 30.3. The van der Waals surface area contributed by atoms with Crippen molar-refractivity contribution in [3.8, 4) is 92.5 Å². The van der Waals surface area contributed by atoms with Crippen LogP contribution in [0.25, 0.3) is 65.3 Å². The van der Waals surface area contributed by atoms with Gasteiger partial charge in [-0.1, -0.05) is 276 Å². The van der Waals surface area contributed by atoms with E-state index in [2.05, 4.69) is 311 Å². The molecule has 84 heavy (non-hydrogen) atoms. The quantitative estimate of drug-likeness (QED) is 0.0808. The van der Waals surface area contributed by atoms with Crippen LogP contribution >= 0.6 is 0 Å². The van der Waals surface area contributed by atoms with Gasteiger partial charge in [0.05, 0.1) is 0 Å². The molecule has 0 aromatic heterocycles. The van der Waals surface area contributed by atoms with E-state index in [1.807, 2.05) is 36.4 Å². The van der Waals surface area contributed by atoms with Crippen LogP contribution in [0.4, 0.5) is 0 Å². The van der Waals surface area contributed by atoms with Crippen LogP contribution in [0, 0.1) is 70.3 Å². The molecule has 10 rings (SSSR count). The molecule has 0 saturated heterocycles. The fourth-order valence-electron chi connectivity index (χ4n) is 13.7. The molecular formula is C82H74Si2. The molecule has 0 saturated carbocycles. The van der Waals surface area contributed by atoms with Gasteiger partial charge in [0.25, 0.3) is 0 Å². The van der Waals surface area contributed by atoms with Crippen molar-refractivity contribution in [2.45, 2.75) is 116 Å². The Morgan fingerprint density at radius 1 is 0.238 bits per heavy atom. The largest absolute Gasteiger partial charge is 0.146 e. The monoisotopic (exact) mass is 1110 g/mol. The van der Waals surface area contributed by atoms with Gasteiger partial charge in [0.1, 0.15) is 16.1 Å². The van der Waals surface area contributed by atoms with Crippen LogP contribution in [0.1, 0.15) is 128 Å². The molecule has 0 unspecified atom stereocenters. The van der Waals surface area contributed by atoms with Crippen molar-refractivity contribution in [2.24, 2.45) is 0 Å². The molecule has 0 N–H and O–H groups in total. The van der Waals surface area contributed by atoms with Crippen molar-refractivity contribution < 1.29 is 0 Å². The number of hydrogen-bond acceptors (Lipinski definition) is 0. The summed E-state index contributed by atoms with van der Waals surface area (Å²) in [7, 11) is -3.85. The molecule has 0 aliphatic rings. The molecule has 0 fully saturated rings. The second kappa shape index (κ2) is 25.3. The summed E-state index contributed by atoms with van der Waals surface area (Å²) in [5.41, 5.74) is 23.3. The summed E-state index contributed by atoms with van der Waals surface area (Å²) in [5, 5.41) is 8.34. The molecule has 0 bridgehead atoms. The maximum absolute atomic E-state index is 3.94. The minimum atomic E-state index is -1.93. The number of hydrogen-bond donors (Lipinski definition) is 0. The molecule has 0 atom stereocenters. The van der Waals surface area contributed by atoms with Crippen LogP contribution in [0.15, 0.2) is 194 Å². The second-order valence-corrected chi connectivity index (χ2v) is 35.4. The van der Waals surface area contributed by atoms with Gasteiger partial charge in [-0.3, -0.25) is 0 Å². The maximum Gasteiger partial charge on any atom is 0.146 e. The molecule has 0 nitrogen and oxygen atoms in total. The molecule has 0 spiro atoms. The van der Waals surface area contributed by atoms with E-state index in [1.165, 1.54) is 0 Å². The first-order chi connectivity index (χ1) is 40.6. The SMILES string of the molecule is CC(C)[Si](C#Cc1ccc(-c2cccc3c(C#Cc4ccccc4)c4ccccc4c(C#CC#Cc4c5ccccc5c(C#Cc5ccccc5)c5cccc(-c6ccc(C#C[Si](C(C)C)(C(C)C)C(C)C)cc6)c45)c23)cc1)(C(C)C)C(C)C. The topological polar surface area (TPSA) is 0 Å². The van der Waals surface area contributed by atoms with Gasteiger partial charge in [-0.15, -0.1) is 11.1 Å². The Morgan fingerprint density at radius 2 is 0.524 bits per heavy atom. The van der Waals surface area contributed by atoms with Crippen LogP contribution < -0.4 is 0 Å². The summed E-state index contributed by atoms with van der Waals surface area (Å²) in [6.45, 7) is 28.4. The summed E-state index contributed by atoms with van der Waals surface area (Å²) < 4.78 is 0. The fourth-order valence-corrected chi connectivity index (χ4v) is 24.1. The predicted molar refractivity (Wildman–Crippen MR) is 368 cm³/mol. The smallest absolute Gasteiger partial charge is 0.125 e. The molecule has 2 heteroatoms. The molecule has 0 aliphatic heterocycles. The summed E-state index contributed by atoms with van der Waals surface area (Å²) in [6, 6.07) is 68.4. The summed E-state index contributed by atoms with van der Waals surface area (Å²) >= 11 is 0. The van der Waals surface area contributed by atoms with Crippen molar-refractivity contribution in [3.05, 3.63) is 239 Å². The third kappa shape index (κ3) is 11.4. The lowest BCUT2D eigenvalue weighted by Gasteiger charge is -2.38. The average molecular weight is 1120 g/mol. The van der Waals surface area contributed by atoms with Crippen LogP contribution in [0.5, 0.6) is 0 Å². The predicted octanol–water partition coefficient (Wildman–Crippen LogP) is 21.0. The van der Waals surface area contributed by atoms with E-state index in [4.69, 9.17) is 0 Å². The zero-order chi connectivity index (χ0) is 59.1. The zero-order valence-electron chi connectivity index (χ0n) is 50.9. The van der Waals surface area contributed by atoms with E-state index in [9.17, 15) is 0 Å². The van der Waals surface area contributed by atoms with Gasteiger partial charge in [-0.25, -0.2) is 0 Å². The van der Waals surface area contributed by atoms with Crippen LogP contribution in [-0.4, -0.2) is 16.1 Å². The normalized spacial score (nSPS) is 11.4. The Kier molecular flexibility index (Phi) is 17.5. The Morgan fingerprint density at radius 3 is 0.845 bits per heavy atom. The number of benzene rings is 10. The second-order valence-electron chi connectivity index (χ2n) is 24.2. The number of rotatable bonds is 8. The van der Waals surface area contributed by atoms with Crippen molar-refractivity contribution in [3.63, 3.8) is 0 Å². The fraction of sp³-hybridized carbons (Fsp3) is 0.220. The average Bonchev–Trinajstić information content (AvgIpc) is 3.20. The lowest BCUT2D eigenvalue weighted by Crippen LogP contribution is -2.43. The van der Waals surface area contributed by atoms with E-state index >= 15 is 0 Å². The molecule has 410 valence electrons. The minimum Gasteiger partial charge on any atom is -0.125 e. The summed E-state index contributed by atoms with van der Waals surface area (Å²) in [5.74, 6) is 36.1. The molecule has 0 radical (unpaired) electrons. The molecule has 0 aliphatic carbocycles. The molecule has 10 aromatic carbocycles. The van der Waals surface area contributed by atoms with Crippen LogP contribution in [0.3, 0.4) is 0 Å². The Hall–Kier alpha value is -8.97. The van der Waals surface area contributed by atoms with E-state index in [0.29, 0.717) is 33.2 Å². The highest BCUT2D eigenvalue weighted by molar-refractivity contribution is 6.91. The molecule has 10 aromatic rings. The standard InChI is InChI=1S/C82H74Si2/c1-57(2)83(58(3)4,59(5)6)55-53-65-41-47-67(48-42-65)69-37-25-39-79-75(51-45-63-27-15-13-16-28-63)71-31-19-21-33-73(71)77(81(69)79)35-23-24-36-78-74-34-22-20-32-72(74)76(52-46-64-29-17-14-18-30-64)80-40-26-38-70(82(78)80)68-49-43-66(44-50-68)54-56-84(60(7)8,61(9)10)62(11)12/h13-22,25-34,37-44,47-50,57-62H,1-12H3. The van der Waals surface area contributed by atoms with Crippen LogP contribution in [-0.2, 0) is 0 Å². The first-order valence-corrected chi connectivity index (χ1v) is 34.5. The van der Waals surface area contributed by atoms with Crippen molar-refractivity contribution in [2.75, 3.05) is 0 Å². The van der Waals surface area contributed by atoms with Crippen LogP contribution in [0.2, 0.25) is 33.2 Å². The highest BCUT2D eigenvalue weighted by Gasteiger charge is 2.42. The van der Waals surface area contributed by atoms with Gasteiger partial charge in [0.2, 0.25) is 0 Å². The third-order valence-electron chi connectivity index (χ3n) is 17.7. The Bertz CT molecular complexity index is 4160. The van der Waals surface area contributed by atoms with E-state index in [1.54, 1.807) is 0 Å². The highest BCUT2D eigenvalue weighted by Crippen LogP contribution is 2.44. The first kappa shape index (κ1) is 58.2. The number of fused-ring (bicyclic) bond motifs is 4. The van der Waals surface area contributed by atoms with Gasteiger partial charge in [-0.05, 0) is 148 Å². The van der Waals surface area contributed by atoms with Gasteiger partial charge in [0.15, 0.2) is 0 Å². The maximum atomic E-state index is 3.94. The lowest BCUT2D eigenvalue weighted by molar-refractivity contribution is 0.838. The molecular weight excluding hydrogens is 1040 g/mol. The zero-order valence-corrected chi connectivity index (χ0v) is 52.9. The molecule has 0 amide bonds.